The molecule has 2 heterocycles. The predicted molar refractivity (Wildman–Crippen MR) is 110 cm³/mol. The number of nitrogens with one attached hydrogen (secondary N) is 1. The first-order valence-electron chi connectivity index (χ1n) is 9.62. The summed E-state index contributed by atoms with van der Waals surface area (Å²) in [5.74, 6) is 0.0973. The number of ether oxygens (including phenoxy) is 1. The lowest BCUT2D eigenvalue weighted by atomic mass is 10.1. The summed E-state index contributed by atoms with van der Waals surface area (Å²) in [5, 5.41) is 5.16. The maximum atomic E-state index is 12.2. The van der Waals surface area contributed by atoms with Crippen molar-refractivity contribution >= 4 is 17.2 Å². The molecular weight excluding hydrogens is 358 g/mol. The van der Waals surface area contributed by atoms with Crippen LogP contribution in [0, 0.1) is 0 Å². The van der Waals surface area contributed by atoms with Crippen molar-refractivity contribution in [2.24, 2.45) is 0 Å². The molecule has 0 spiro atoms. The number of carbonyl (C=O) groups is 1. The van der Waals surface area contributed by atoms with E-state index in [-0.39, 0.29) is 5.91 Å². The topological polar surface area (TPSA) is 44.8 Å². The van der Waals surface area contributed by atoms with Crippen molar-refractivity contribution in [2.75, 3.05) is 39.3 Å². The molecule has 3 rings (SSSR count). The second-order valence-electron chi connectivity index (χ2n) is 6.86. The quantitative estimate of drug-likeness (QED) is 0.719. The van der Waals surface area contributed by atoms with Crippen LogP contribution in [0.3, 0.4) is 0 Å². The molecular formula is C21H29N3O2S. The van der Waals surface area contributed by atoms with Crippen LogP contribution in [0.25, 0.3) is 0 Å². The van der Waals surface area contributed by atoms with Crippen molar-refractivity contribution < 1.29 is 9.53 Å². The first-order valence-corrected chi connectivity index (χ1v) is 10.5. The summed E-state index contributed by atoms with van der Waals surface area (Å²) < 4.78 is 5.40. The maximum absolute atomic E-state index is 12.2. The van der Waals surface area contributed by atoms with E-state index in [1.165, 1.54) is 4.88 Å². The average molecular weight is 388 g/mol. The first kappa shape index (κ1) is 20.0. The SMILES string of the molecule is CCOCc1ccc(CNC(=O)CN2CCN(Cc3cccs3)CC2)cc1. The van der Waals surface area contributed by atoms with Gasteiger partial charge in [0.25, 0.3) is 0 Å². The highest BCUT2D eigenvalue weighted by Crippen LogP contribution is 2.13. The number of carbonyl (C=O) groups excluding carboxylic acids is 1. The van der Waals surface area contributed by atoms with Gasteiger partial charge in [0.2, 0.25) is 5.91 Å². The minimum Gasteiger partial charge on any atom is -0.377 e. The van der Waals surface area contributed by atoms with Crippen LogP contribution in [-0.4, -0.2) is 55.0 Å². The molecule has 0 atom stereocenters. The summed E-state index contributed by atoms with van der Waals surface area (Å²) in [6.45, 7) is 9.38. The fourth-order valence-electron chi connectivity index (χ4n) is 3.16. The number of nitrogens with zero attached hydrogens (tertiary/aromatic N) is 2. The highest BCUT2D eigenvalue weighted by Gasteiger charge is 2.19. The zero-order valence-corrected chi connectivity index (χ0v) is 16.8. The van der Waals surface area contributed by atoms with E-state index < -0.39 is 0 Å². The number of amides is 1. The number of piperazine rings is 1. The van der Waals surface area contributed by atoms with Gasteiger partial charge in [0.05, 0.1) is 13.2 Å². The smallest absolute Gasteiger partial charge is 0.234 e. The van der Waals surface area contributed by atoms with Crippen LogP contribution >= 0.6 is 11.3 Å². The zero-order chi connectivity index (χ0) is 18.9. The third-order valence-electron chi connectivity index (χ3n) is 4.78. The van der Waals surface area contributed by atoms with Gasteiger partial charge >= 0.3 is 0 Å². The van der Waals surface area contributed by atoms with Crippen molar-refractivity contribution in [1.29, 1.82) is 0 Å². The Balaban J connectivity index is 1.34. The van der Waals surface area contributed by atoms with Crippen molar-refractivity contribution in [3.63, 3.8) is 0 Å². The van der Waals surface area contributed by atoms with Gasteiger partial charge in [0.15, 0.2) is 0 Å². The number of thiophene rings is 1. The van der Waals surface area contributed by atoms with E-state index in [0.29, 0.717) is 19.7 Å². The summed E-state index contributed by atoms with van der Waals surface area (Å²) in [6.07, 6.45) is 0. The maximum Gasteiger partial charge on any atom is 0.234 e. The second kappa shape index (κ2) is 10.6. The van der Waals surface area contributed by atoms with Crippen LogP contribution in [0.4, 0.5) is 0 Å². The lowest BCUT2D eigenvalue weighted by Crippen LogP contribution is -2.48. The Morgan fingerprint density at radius 1 is 1.07 bits per heavy atom. The minimum absolute atomic E-state index is 0.0973. The Bertz CT molecular complexity index is 680. The van der Waals surface area contributed by atoms with Crippen LogP contribution < -0.4 is 5.32 Å². The van der Waals surface area contributed by atoms with Crippen molar-refractivity contribution in [2.45, 2.75) is 26.6 Å². The molecule has 0 bridgehead atoms. The van der Waals surface area contributed by atoms with Gasteiger partial charge in [0.1, 0.15) is 0 Å². The highest BCUT2D eigenvalue weighted by atomic mass is 32.1. The number of hydrogen-bond donors (Lipinski definition) is 1. The minimum atomic E-state index is 0.0973. The highest BCUT2D eigenvalue weighted by molar-refractivity contribution is 7.09. The van der Waals surface area contributed by atoms with E-state index in [1.807, 2.05) is 18.3 Å². The first-order chi connectivity index (χ1) is 13.2. The van der Waals surface area contributed by atoms with Gasteiger partial charge in [-0.2, -0.15) is 0 Å². The summed E-state index contributed by atoms with van der Waals surface area (Å²) in [4.78, 5) is 18.4. The Labute approximate surface area is 165 Å². The molecule has 27 heavy (non-hydrogen) atoms. The molecule has 0 aliphatic carbocycles. The van der Waals surface area contributed by atoms with Gasteiger partial charge in [-0.1, -0.05) is 30.3 Å². The summed E-state index contributed by atoms with van der Waals surface area (Å²) in [7, 11) is 0. The monoisotopic (exact) mass is 387 g/mol. The van der Waals surface area contributed by atoms with Crippen LogP contribution in [0.15, 0.2) is 41.8 Å². The molecule has 0 radical (unpaired) electrons. The van der Waals surface area contributed by atoms with E-state index >= 15 is 0 Å². The molecule has 0 unspecified atom stereocenters. The van der Waals surface area contributed by atoms with Crippen LogP contribution in [0.5, 0.6) is 0 Å². The molecule has 1 aromatic heterocycles. The Hall–Kier alpha value is -1.73. The molecule has 1 N–H and O–H groups in total. The van der Waals surface area contributed by atoms with Crippen molar-refractivity contribution in [3.8, 4) is 0 Å². The Morgan fingerprint density at radius 2 is 1.78 bits per heavy atom. The molecule has 1 saturated heterocycles. The van der Waals surface area contributed by atoms with Gasteiger partial charge in [-0.25, -0.2) is 0 Å². The van der Waals surface area contributed by atoms with Gasteiger partial charge in [-0.3, -0.25) is 14.6 Å². The zero-order valence-electron chi connectivity index (χ0n) is 16.0. The molecule has 1 aliphatic rings. The normalized spacial score (nSPS) is 15.7. The third kappa shape index (κ3) is 6.74. The number of rotatable bonds is 9. The molecule has 1 fully saturated rings. The van der Waals surface area contributed by atoms with Crippen molar-refractivity contribution in [1.82, 2.24) is 15.1 Å². The fourth-order valence-corrected chi connectivity index (χ4v) is 3.91. The fraction of sp³-hybridized carbons (Fsp3) is 0.476. The predicted octanol–water partition coefficient (Wildman–Crippen LogP) is 2.72. The molecule has 146 valence electrons. The molecule has 1 aromatic carbocycles. The van der Waals surface area contributed by atoms with E-state index in [1.54, 1.807) is 0 Å². The standard InChI is InChI=1S/C21H29N3O2S/c1-2-26-17-19-7-5-18(6-8-19)14-22-21(25)16-24-11-9-23(10-12-24)15-20-4-3-13-27-20/h3-8,13H,2,9-12,14-17H2,1H3,(H,22,25). The lowest BCUT2D eigenvalue weighted by Gasteiger charge is -2.34. The lowest BCUT2D eigenvalue weighted by molar-refractivity contribution is -0.122. The van der Waals surface area contributed by atoms with Gasteiger partial charge in [0, 0.05) is 50.8 Å². The van der Waals surface area contributed by atoms with E-state index in [9.17, 15) is 4.79 Å². The van der Waals surface area contributed by atoms with E-state index in [2.05, 4.69) is 56.9 Å². The molecule has 1 amide bonds. The molecule has 1 aliphatic heterocycles. The molecule has 2 aromatic rings. The van der Waals surface area contributed by atoms with Crippen LogP contribution in [0.2, 0.25) is 0 Å². The summed E-state index contributed by atoms with van der Waals surface area (Å²) >= 11 is 1.81. The van der Waals surface area contributed by atoms with Gasteiger partial charge in [-0.05, 0) is 29.5 Å². The summed E-state index contributed by atoms with van der Waals surface area (Å²) in [6, 6.07) is 12.5. The Morgan fingerprint density at radius 3 is 2.44 bits per heavy atom. The molecule has 6 heteroatoms. The van der Waals surface area contributed by atoms with Crippen LogP contribution in [-0.2, 0) is 29.2 Å². The Kier molecular flexibility index (Phi) is 7.83. The average Bonchev–Trinajstić information content (AvgIpc) is 3.20. The van der Waals surface area contributed by atoms with Gasteiger partial charge < -0.3 is 10.1 Å². The van der Waals surface area contributed by atoms with E-state index in [4.69, 9.17) is 4.74 Å². The third-order valence-corrected chi connectivity index (χ3v) is 5.64. The second-order valence-corrected chi connectivity index (χ2v) is 7.89. The largest absolute Gasteiger partial charge is 0.377 e. The van der Waals surface area contributed by atoms with Crippen molar-refractivity contribution in [3.05, 3.63) is 57.8 Å². The van der Waals surface area contributed by atoms with E-state index in [0.717, 1.165) is 50.5 Å². The van der Waals surface area contributed by atoms with Crippen LogP contribution in [0.1, 0.15) is 22.9 Å². The number of benzene rings is 1. The number of hydrogen-bond acceptors (Lipinski definition) is 5. The molecule has 0 saturated carbocycles. The summed E-state index contributed by atoms with van der Waals surface area (Å²) in [5.41, 5.74) is 2.27. The van der Waals surface area contributed by atoms with Gasteiger partial charge in [-0.15, -0.1) is 11.3 Å². The molecule has 5 nitrogen and oxygen atoms in total.